The molecule has 1 aromatic carbocycles. The first-order chi connectivity index (χ1) is 9.41. The molecule has 0 saturated heterocycles. The Labute approximate surface area is 127 Å². The van der Waals surface area contributed by atoms with Gasteiger partial charge in [0.1, 0.15) is 0 Å². The number of primary sulfonamides is 1. The molecule has 0 aliphatic rings. The number of sulfonamides is 1. The zero-order chi connectivity index (χ0) is 16.4. The molecular weight excluding hydrogens is 288 g/mol. The van der Waals surface area contributed by atoms with Gasteiger partial charge in [0.2, 0.25) is 15.9 Å². The van der Waals surface area contributed by atoms with Crippen molar-refractivity contribution in [3.05, 3.63) is 23.8 Å². The zero-order valence-electron chi connectivity index (χ0n) is 13.2. The highest BCUT2D eigenvalue weighted by Crippen LogP contribution is 2.28. The molecule has 0 spiro atoms. The van der Waals surface area contributed by atoms with Gasteiger partial charge in [-0.25, -0.2) is 13.6 Å². The van der Waals surface area contributed by atoms with E-state index < -0.39 is 10.0 Å². The summed E-state index contributed by atoms with van der Waals surface area (Å²) in [5, 5.41) is 7.89. The average Bonchev–Trinajstić information content (AvgIpc) is 2.29. The number of amides is 1. The van der Waals surface area contributed by atoms with Gasteiger partial charge in [-0.05, 0) is 42.0 Å². The van der Waals surface area contributed by atoms with Crippen LogP contribution in [0.25, 0.3) is 0 Å². The minimum absolute atomic E-state index is 0.0426. The van der Waals surface area contributed by atoms with E-state index >= 15 is 0 Å². The van der Waals surface area contributed by atoms with Crippen LogP contribution in [0.5, 0.6) is 0 Å². The number of nitrogens with two attached hydrogens (primary N) is 1. The minimum atomic E-state index is -3.72. The standard InChI is InChI=1S/C15H24N2O3S/c1-10-8-12(21(16,19)20)6-7-13(10)17-14(18)9-11(2)15(3,4)5/h6-8,11H,9H2,1-5H3,(H,17,18)(H2,16,19,20). The van der Waals surface area contributed by atoms with Crippen LogP contribution >= 0.6 is 0 Å². The normalized spacial score (nSPS) is 13.8. The van der Waals surface area contributed by atoms with Crippen LogP contribution in [-0.4, -0.2) is 14.3 Å². The topological polar surface area (TPSA) is 89.3 Å². The van der Waals surface area contributed by atoms with Gasteiger partial charge in [0.25, 0.3) is 0 Å². The molecule has 1 unspecified atom stereocenters. The van der Waals surface area contributed by atoms with E-state index in [2.05, 4.69) is 26.1 Å². The largest absolute Gasteiger partial charge is 0.326 e. The molecule has 118 valence electrons. The van der Waals surface area contributed by atoms with Crippen molar-refractivity contribution in [1.82, 2.24) is 0 Å². The molecule has 0 aliphatic carbocycles. The van der Waals surface area contributed by atoms with Gasteiger partial charge in [-0.2, -0.15) is 0 Å². The Hall–Kier alpha value is -1.40. The van der Waals surface area contributed by atoms with Gasteiger partial charge in [0.15, 0.2) is 0 Å². The van der Waals surface area contributed by atoms with Gasteiger partial charge >= 0.3 is 0 Å². The molecule has 1 aromatic rings. The number of hydrogen-bond acceptors (Lipinski definition) is 3. The molecule has 0 fully saturated rings. The smallest absolute Gasteiger partial charge is 0.238 e. The molecule has 1 amide bonds. The van der Waals surface area contributed by atoms with E-state index in [0.717, 1.165) is 0 Å². The number of nitrogens with one attached hydrogen (secondary N) is 1. The number of carbonyl (C=O) groups excluding carboxylic acids is 1. The molecule has 0 heterocycles. The van der Waals surface area contributed by atoms with Crippen molar-refractivity contribution in [3.63, 3.8) is 0 Å². The number of aryl methyl sites for hydroxylation is 1. The zero-order valence-corrected chi connectivity index (χ0v) is 14.0. The highest BCUT2D eigenvalue weighted by molar-refractivity contribution is 7.89. The Morgan fingerprint density at radius 2 is 1.90 bits per heavy atom. The van der Waals surface area contributed by atoms with Gasteiger partial charge in [-0.15, -0.1) is 0 Å². The summed E-state index contributed by atoms with van der Waals surface area (Å²) in [7, 11) is -3.72. The molecule has 0 bridgehead atoms. The lowest BCUT2D eigenvalue weighted by Crippen LogP contribution is -2.24. The number of anilines is 1. The molecule has 1 rings (SSSR count). The van der Waals surface area contributed by atoms with Crippen molar-refractivity contribution in [2.24, 2.45) is 16.5 Å². The lowest BCUT2D eigenvalue weighted by Gasteiger charge is -2.26. The number of hydrogen-bond donors (Lipinski definition) is 2. The quantitative estimate of drug-likeness (QED) is 0.895. The number of rotatable bonds is 4. The van der Waals surface area contributed by atoms with E-state index in [1.165, 1.54) is 12.1 Å². The van der Waals surface area contributed by atoms with Crippen LogP contribution < -0.4 is 10.5 Å². The first-order valence-corrected chi connectivity index (χ1v) is 8.39. The highest BCUT2D eigenvalue weighted by atomic mass is 32.2. The van der Waals surface area contributed by atoms with Crippen LogP contribution in [0.1, 0.15) is 39.7 Å². The molecule has 0 aliphatic heterocycles. The van der Waals surface area contributed by atoms with Gasteiger partial charge in [0, 0.05) is 12.1 Å². The Bertz CT molecular complexity index is 631. The van der Waals surface area contributed by atoms with E-state index in [0.29, 0.717) is 17.7 Å². The van der Waals surface area contributed by atoms with Gasteiger partial charge in [0.05, 0.1) is 4.90 Å². The fraction of sp³-hybridized carbons (Fsp3) is 0.533. The fourth-order valence-corrected chi connectivity index (χ4v) is 2.34. The van der Waals surface area contributed by atoms with Crippen LogP contribution in [0.4, 0.5) is 5.69 Å². The van der Waals surface area contributed by atoms with E-state index in [-0.39, 0.29) is 22.1 Å². The molecule has 6 heteroatoms. The van der Waals surface area contributed by atoms with E-state index in [4.69, 9.17) is 5.14 Å². The number of carbonyl (C=O) groups is 1. The molecule has 0 aromatic heterocycles. The summed E-state index contributed by atoms with van der Waals surface area (Å²) in [4.78, 5) is 12.1. The first kappa shape index (κ1) is 17.7. The van der Waals surface area contributed by atoms with Crippen molar-refractivity contribution in [2.75, 3.05) is 5.32 Å². The van der Waals surface area contributed by atoms with Crippen molar-refractivity contribution in [2.45, 2.75) is 45.9 Å². The summed E-state index contributed by atoms with van der Waals surface area (Å²) in [6.45, 7) is 10.1. The van der Waals surface area contributed by atoms with E-state index in [9.17, 15) is 13.2 Å². The lowest BCUT2D eigenvalue weighted by atomic mass is 9.80. The lowest BCUT2D eigenvalue weighted by molar-refractivity contribution is -0.117. The SMILES string of the molecule is Cc1cc(S(N)(=O)=O)ccc1NC(=O)CC(C)C(C)(C)C. The minimum Gasteiger partial charge on any atom is -0.326 e. The summed E-state index contributed by atoms with van der Waals surface area (Å²) in [5.74, 6) is 0.158. The van der Waals surface area contributed by atoms with E-state index in [1.807, 2.05) is 6.92 Å². The average molecular weight is 312 g/mol. The Morgan fingerprint density at radius 1 is 1.33 bits per heavy atom. The van der Waals surface area contributed by atoms with Crippen molar-refractivity contribution >= 4 is 21.6 Å². The summed E-state index contributed by atoms with van der Waals surface area (Å²) in [5.41, 5.74) is 1.33. The summed E-state index contributed by atoms with van der Waals surface area (Å²) in [6, 6.07) is 4.41. The van der Waals surface area contributed by atoms with Crippen LogP contribution in [-0.2, 0) is 14.8 Å². The van der Waals surface area contributed by atoms with Crippen LogP contribution in [0.3, 0.4) is 0 Å². The second kappa shape index (κ2) is 6.15. The molecule has 3 N–H and O–H groups in total. The highest BCUT2D eigenvalue weighted by Gasteiger charge is 2.22. The Kier molecular flexibility index (Phi) is 5.17. The second-order valence-corrected chi connectivity index (χ2v) is 8.10. The summed E-state index contributed by atoms with van der Waals surface area (Å²) < 4.78 is 22.5. The van der Waals surface area contributed by atoms with Crippen LogP contribution in [0.2, 0.25) is 0 Å². The molecular formula is C15H24N2O3S. The summed E-state index contributed by atoms with van der Waals surface area (Å²) in [6.07, 6.45) is 0.417. The molecule has 0 radical (unpaired) electrons. The van der Waals surface area contributed by atoms with Gasteiger partial charge < -0.3 is 5.32 Å². The predicted molar refractivity (Wildman–Crippen MR) is 84.4 cm³/mol. The van der Waals surface area contributed by atoms with Crippen molar-refractivity contribution < 1.29 is 13.2 Å². The monoisotopic (exact) mass is 312 g/mol. The van der Waals surface area contributed by atoms with Gasteiger partial charge in [-0.1, -0.05) is 27.7 Å². The first-order valence-electron chi connectivity index (χ1n) is 6.84. The molecule has 5 nitrogen and oxygen atoms in total. The predicted octanol–water partition coefficient (Wildman–Crippen LogP) is 2.65. The van der Waals surface area contributed by atoms with Crippen LogP contribution in [0.15, 0.2) is 23.1 Å². The molecule has 1 atom stereocenters. The number of benzene rings is 1. The molecule has 0 saturated carbocycles. The third-order valence-electron chi connectivity index (χ3n) is 3.77. The fourth-order valence-electron chi connectivity index (χ4n) is 1.74. The van der Waals surface area contributed by atoms with E-state index in [1.54, 1.807) is 13.0 Å². The molecule has 21 heavy (non-hydrogen) atoms. The Morgan fingerprint density at radius 3 is 2.33 bits per heavy atom. The van der Waals surface area contributed by atoms with Crippen LogP contribution in [0, 0.1) is 18.3 Å². The second-order valence-electron chi connectivity index (χ2n) is 6.54. The van der Waals surface area contributed by atoms with Crippen molar-refractivity contribution in [1.29, 1.82) is 0 Å². The van der Waals surface area contributed by atoms with Gasteiger partial charge in [-0.3, -0.25) is 4.79 Å². The maximum Gasteiger partial charge on any atom is 0.238 e. The Balaban J connectivity index is 2.83. The van der Waals surface area contributed by atoms with Crippen molar-refractivity contribution in [3.8, 4) is 0 Å². The maximum absolute atomic E-state index is 12.0. The maximum atomic E-state index is 12.0. The third-order valence-corrected chi connectivity index (χ3v) is 4.68. The summed E-state index contributed by atoms with van der Waals surface area (Å²) >= 11 is 0. The third kappa shape index (κ3) is 5.13.